The van der Waals surface area contributed by atoms with Gasteiger partial charge < -0.3 is 15.4 Å². The molecular weight excluding hydrogens is 348 g/mol. The maximum atomic E-state index is 11.7. The van der Waals surface area contributed by atoms with Gasteiger partial charge in [-0.15, -0.1) is 0 Å². The number of carbonyl (C=O) groups is 1. The number of nitrogens with zero attached hydrogens (tertiary/aromatic N) is 3. The average Bonchev–Trinajstić information content (AvgIpc) is 3.25. The van der Waals surface area contributed by atoms with Crippen molar-refractivity contribution in [3.8, 4) is 0 Å². The van der Waals surface area contributed by atoms with Crippen LogP contribution < -0.4 is 16.2 Å². The molecule has 27 heavy (non-hydrogen) atoms. The van der Waals surface area contributed by atoms with Gasteiger partial charge in [0.25, 0.3) is 5.56 Å². The monoisotopic (exact) mass is 374 g/mol. The lowest BCUT2D eigenvalue weighted by molar-refractivity contribution is 0.0981. The normalized spacial score (nSPS) is 19.3. The van der Waals surface area contributed by atoms with Crippen LogP contribution in [-0.4, -0.2) is 38.2 Å². The number of ether oxygens (including phenoxy) is 1. The van der Waals surface area contributed by atoms with Crippen LogP contribution in [0.15, 0.2) is 23.0 Å². The number of H-pyrrole nitrogens is 1. The molecule has 9 heteroatoms. The van der Waals surface area contributed by atoms with Crippen molar-refractivity contribution in [3.05, 3.63) is 34.2 Å². The molecule has 2 aromatic rings. The quantitative estimate of drug-likeness (QED) is 0.716. The van der Waals surface area contributed by atoms with Crippen molar-refractivity contribution in [1.29, 1.82) is 0 Å². The number of hydrogen-bond acceptors (Lipinski definition) is 6. The third kappa shape index (κ3) is 4.87. The minimum Gasteiger partial charge on any atom is -0.446 e. The molecule has 2 heterocycles. The van der Waals surface area contributed by atoms with Gasteiger partial charge in [-0.2, -0.15) is 10.2 Å². The average molecular weight is 374 g/mol. The Kier molecular flexibility index (Phi) is 5.78. The van der Waals surface area contributed by atoms with Crippen LogP contribution >= 0.6 is 0 Å². The molecule has 3 N–H and O–H groups in total. The van der Waals surface area contributed by atoms with E-state index >= 15 is 0 Å². The van der Waals surface area contributed by atoms with E-state index < -0.39 is 0 Å². The van der Waals surface area contributed by atoms with Crippen LogP contribution in [0.1, 0.15) is 51.6 Å². The number of amides is 1. The molecule has 2 aromatic heterocycles. The Morgan fingerprint density at radius 1 is 1.37 bits per heavy atom. The molecule has 0 spiro atoms. The molecule has 0 unspecified atom stereocenters. The number of aromatic nitrogens is 4. The summed E-state index contributed by atoms with van der Waals surface area (Å²) in [6, 6.07) is 5.11. The third-order valence-electron chi connectivity index (χ3n) is 4.52. The van der Waals surface area contributed by atoms with Gasteiger partial charge in [-0.05, 0) is 46.1 Å². The van der Waals surface area contributed by atoms with Gasteiger partial charge in [-0.3, -0.25) is 9.89 Å². The van der Waals surface area contributed by atoms with Crippen molar-refractivity contribution < 1.29 is 9.53 Å². The molecule has 0 aliphatic heterocycles. The lowest BCUT2D eigenvalue weighted by Crippen LogP contribution is -2.33. The number of rotatable bonds is 6. The highest BCUT2D eigenvalue weighted by molar-refractivity contribution is 5.67. The van der Waals surface area contributed by atoms with Gasteiger partial charge >= 0.3 is 6.09 Å². The highest BCUT2D eigenvalue weighted by Crippen LogP contribution is 2.36. The van der Waals surface area contributed by atoms with Crippen molar-refractivity contribution in [2.24, 2.45) is 0 Å². The molecule has 1 aliphatic rings. The molecular formula is C18H26N6O3. The van der Waals surface area contributed by atoms with E-state index in [0.717, 1.165) is 25.0 Å². The maximum absolute atomic E-state index is 11.7. The number of anilines is 2. The summed E-state index contributed by atoms with van der Waals surface area (Å²) in [4.78, 5) is 23.4. The van der Waals surface area contributed by atoms with Gasteiger partial charge in [0.1, 0.15) is 6.10 Å². The molecule has 0 aromatic carbocycles. The highest BCUT2D eigenvalue weighted by Gasteiger charge is 2.30. The molecule has 9 nitrogen and oxygen atoms in total. The Morgan fingerprint density at radius 2 is 2.19 bits per heavy atom. The van der Waals surface area contributed by atoms with E-state index in [1.54, 1.807) is 6.07 Å². The first kappa shape index (κ1) is 18.9. The second-order valence-electron chi connectivity index (χ2n) is 7.04. The Labute approximate surface area is 157 Å². The van der Waals surface area contributed by atoms with Crippen molar-refractivity contribution >= 4 is 17.7 Å². The fraction of sp³-hybridized carbons (Fsp3) is 0.556. The van der Waals surface area contributed by atoms with Crippen molar-refractivity contribution in [1.82, 2.24) is 25.3 Å². The standard InChI is InChI=1S/C18H26N6O3/c1-4-24-17(25)8-7-15(23-24)20-16-10-14(21-22-16)12-5-6-13(9-12)27-18(26)19-11(2)3/h7-8,10-13H,4-6,9H2,1-3H3,(H,19,26)(H2,20,21,22,23)/t12-,13+/m0/s1. The number of carbonyl (C=O) groups excluding carboxylic acids is 1. The Bertz CT molecular complexity index is 844. The summed E-state index contributed by atoms with van der Waals surface area (Å²) in [5, 5.41) is 17.4. The summed E-state index contributed by atoms with van der Waals surface area (Å²) in [6.07, 6.45) is 2.09. The molecule has 1 saturated carbocycles. The number of aryl methyl sites for hydroxylation is 1. The Hall–Kier alpha value is -2.84. The van der Waals surface area contributed by atoms with Gasteiger partial charge in [0.2, 0.25) is 0 Å². The molecule has 0 saturated heterocycles. The van der Waals surface area contributed by atoms with Crippen LogP contribution in [0.4, 0.5) is 16.4 Å². The number of aromatic amines is 1. The van der Waals surface area contributed by atoms with Crippen LogP contribution in [0.25, 0.3) is 0 Å². The summed E-state index contributed by atoms with van der Waals surface area (Å²) in [7, 11) is 0. The second kappa shape index (κ2) is 8.24. The summed E-state index contributed by atoms with van der Waals surface area (Å²) < 4.78 is 6.86. The zero-order valence-corrected chi connectivity index (χ0v) is 15.9. The van der Waals surface area contributed by atoms with E-state index in [4.69, 9.17) is 4.74 Å². The summed E-state index contributed by atoms with van der Waals surface area (Å²) >= 11 is 0. The van der Waals surface area contributed by atoms with Crippen LogP contribution in [0, 0.1) is 0 Å². The lowest BCUT2D eigenvalue weighted by Gasteiger charge is -2.14. The largest absolute Gasteiger partial charge is 0.446 e. The molecule has 1 fully saturated rings. The Morgan fingerprint density at radius 3 is 2.93 bits per heavy atom. The number of alkyl carbamates (subject to hydrolysis) is 1. The highest BCUT2D eigenvalue weighted by atomic mass is 16.6. The first-order valence-electron chi connectivity index (χ1n) is 9.32. The number of hydrogen-bond donors (Lipinski definition) is 3. The maximum Gasteiger partial charge on any atom is 0.407 e. The van der Waals surface area contributed by atoms with Gasteiger partial charge in [-0.1, -0.05) is 0 Å². The van der Waals surface area contributed by atoms with Crippen LogP contribution in [0.5, 0.6) is 0 Å². The zero-order chi connectivity index (χ0) is 19.4. The van der Waals surface area contributed by atoms with E-state index in [1.807, 2.05) is 26.8 Å². The number of nitrogens with one attached hydrogen (secondary N) is 3. The van der Waals surface area contributed by atoms with E-state index in [9.17, 15) is 9.59 Å². The molecule has 0 bridgehead atoms. The van der Waals surface area contributed by atoms with Crippen molar-refractivity contribution in [2.45, 2.75) is 64.6 Å². The summed E-state index contributed by atoms with van der Waals surface area (Å²) in [5.74, 6) is 1.47. The van der Waals surface area contributed by atoms with E-state index in [0.29, 0.717) is 18.2 Å². The summed E-state index contributed by atoms with van der Waals surface area (Å²) in [5.41, 5.74) is 0.862. The minimum absolute atomic E-state index is 0.0617. The zero-order valence-electron chi connectivity index (χ0n) is 15.9. The SMILES string of the molecule is CCn1nc(Nc2cc([C@H]3CC[C@@H](OC(=O)NC(C)C)C3)[nH]n2)ccc1=O. The Balaban J connectivity index is 1.58. The predicted octanol–water partition coefficient (Wildman–Crippen LogP) is 2.50. The molecule has 2 atom stereocenters. The summed E-state index contributed by atoms with van der Waals surface area (Å²) in [6.45, 7) is 6.18. The minimum atomic E-state index is -0.361. The molecule has 3 rings (SSSR count). The smallest absolute Gasteiger partial charge is 0.407 e. The second-order valence-corrected chi connectivity index (χ2v) is 7.04. The van der Waals surface area contributed by atoms with Crippen LogP contribution in [0.2, 0.25) is 0 Å². The van der Waals surface area contributed by atoms with E-state index in [1.165, 1.54) is 10.7 Å². The van der Waals surface area contributed by atoms with Crippen molar-refractivity contribution in [2.75, 3.05) is 5.32 Å². The van der Waals surface area contributed by atoms with Gasteiger partial charge in [-0.25, -0.2) is 9.48 Å². The lowest BCUT2D eigenvalue weighted by atomic mass is 10.0. The fourth-order valence-corrected chi connectivity index (χ4v) is 3.23. The van der Waals surface area contributed by atoms with Gasteiger partial charge in [0, 0.05) is 36.3 Å². The van der Waals surface area contributed by atoms with Crippen LogP contribution in [-0.2, 0) is 11.3 Å². The predicted molar refractivity (Wildman–Crippen MR) is 101 cm³/mol. The first-order valence-corrected chi connectivity index (χ1v) is 9.32. The van der Waals surface area contributed by atoms with E-state index in [2.05, 4.69) is 25.9 Å². The van der Waals surface area contributed by atoms with Gasteiger partial charge in [0.05, 0.1) is 0 Å². The van der Waals surface area contributed by atoms with Crippen molar-refractivity contribution in [3.63, 3.8) is 0 Å². The third-order valence-corrected chi connectivity index (χ3v) is 4.52. The molecule has 1 amide bonds. The first-order chi connectivity index (χ1) is 12.9. The molecule has 0 radical (unpaired) electrons. The van der Waals surface area contributed by atoms with E-state index in [-0.39, 0.29) is 29.7 Å². The molecule has 146 valence electrons. The molecule has 1 aliphatic carbocycles. The fourth-order valence-electron chi connectivity index (χ4n) is 3.23. The van der Waals surface area contributed by atoms with Gasteiger partial charge in [0.15, 0.2) is 11.6 Å². The van der Waals surface area contributed by atoms with Crippen LogP contribution in [0.3, 0.4) is 0 Å². The topological polar surface area (TPSA) is 114 Å².